The van der Waals surface area contributed by atoms with Gasteiger partial charge in [-0.3, -0.25) is 9.59 Å². The van der Waals surface area contributed by atoms with Gasteiger partial charge in [-0.2, -0.15) is 0 Å². The van der Waals surface area contributed by atoms with E-state index in [2.05, 4.69) is 10.6 Å². The normalized spacial score (nSPS) is 19.0. The number of carbonyl (C=O) groups excluding carboxylic acids is 2. The third kappa shape index (κ3) is 6.26. The molecule has 126 valence electrons. The van der Waals surface area contributed by atoms with Crippen LogP contribution in [0.1, 0.15) is 26.2 Å². The Morgan fingerprint density at radius 2 is 1.91 bits per heavy atom. The zero-order valence-corrected chi connectivity index (χ0v) is 13.3. The topological polar surface area (TPSA) is 67.4 Å². The van der Waals surface area contributed by atoms with E-state index in [1.54, 1.807) is 12.1 Å². The molecule has 2 amide bonds. The summed E-state index contributed by atoms with van der Waals surface area (Å²) in [5.41, 5.74) is 0. The number of ether oxygens (including phenoxy) is 1. The molecule has 0 spiro atoms. The van der Waals surface area contributed by atoms with E-state index in [-0.39, 0.29) is 30.0 Å². The number of hydrogen-bond acceptors (Lipinski definition) is 3. The first-order valence-corrected chi connectivity index (χ1v) is 7.99. The van der Waals surface area contributed by atoms with Crippen molar-refractivity contribution in [2.75, 3.05) is 19.7 Å². The van der Waals surface area contributed by atoms with Crippen molar-refractivity contribution >= 4 is 11.8 Å². The summed E-state index contributed by atoms with van der Waals surface area (Å²) in [5.74, 6) is 0.892. The first kappa shape index (κ1) is 17.2. The van der Waals surface area contributed by atoms with Crippen LogP contribution in [0.15, 0.2) is 24.3 Å². The fraction of sp³-hybridized carbons (Fsp3) is 0.529. The standard InChI is InChI=1S/C17H23FN2O3/c1-12-11-15(12)17(22)20-9-7-16(21)19-8-2-10-23-14-5-3-13(18)4-6-14/h3-6,12,15H,2,7-11H2,1H3,(H,19,21)(H,20,22)/t12-,15+/m1/s1. The van der Waals surface area contributed by atoms with E-state index < -0.39 is 0 Å². The zero-order chi connectivity index (χ0) is 16.7. The van der Waals surface area contributed by atoms with E-state index in [1.807, 2.05) is 6.92 Å². The van der Waals surface area contributed by atoms with Crippen molar-refractivity contribution in [3.8, 4) is 5.75 Å². The molecule has 0 heterocycles. The molecule has 0 aliphatic heterocycles. The van der Waals surface area contributed by atoms with Gasteiger partial charge in [0.05, 0.1) is 6.61 Å². The van der Waals surface area contributed by atoms with Gasteiger partial charge in [0, 0.05) is 25.4 Å². The van der Waals surface area contributed by atoms with Gasteiger partial charge in [0.2, 0.25) is 11.8 Å². The van der Waals surface area contributed by atoms with Crippen molar-refractivity contribution in [1.29, 1.82) is 0 Å². The summed E-state index contributed by atoms with van der Waals surface area (Å²) < 4.78 is 18.1. The summed E-state index contributed by atoms with van der Waals surface area (Å²) in [6.45, 7) is 3.38. The van der Waals surface area contributed by atoms with Crippen molar-refractivity contribution in [2.45, 2.75) is 26.2 Å². The molecular weight excluding hydrogens is 299 g/mol. The SMILES string of the molecule is C[C@@H]1C[C@@H]1C(=O)NCCC(=O)NCCCOc1ccc(F)cc1. The molecule has 0 bridgehead atoms. The summed E-state index contributed by atoms with van der Waals surface area (Å²) in [6.07, 6.45) is 1.90. The van der Waals surface area contributed by atoms with Crippen molar-refractivity contribution in [1.82, 2.24) is 10.6 Å². The molecule has 0 aromatic heterocycles. The molecule has 1 aliphatic carbocycles. The van der Waals surface area contributed by atoms with Crippen LogP contribution in [0.4, 0.5) is 4.39 Å². The van der Waals surface area contributed by atoms with E-state index >= 15 is 0 Å². The Bertz CT molecular complexity index is 533. The van der Waals surface area contributed by atoms with E-state index in [9.17, 15) is 14.0 Å². The Hall–Kier alpha value is -2.11. The van der Waals surface area contributed by atoms with Crippen LogP contribution in [0.5, 0.6) is 5.75 Å². The molecule has 0 saturated heterocycles. The molecule has 5 nitrogen and oxygen atoms in total. The van der Waals surface area contributed by atoms with Crippen LogP contribution in [0, 0.1) is 17.7 Å². The molecule has 0 unspecified atom stereocenters. The minimum Gasteiger partial charge on any atom is -0.494 e. The zero-order valence-electron chi connectivity index (χ0n) is 13.3. The number of hydrogen-bond donors (Lipinski definition) is 2. The molecule has 2 N–H and O–H groups in total. The predicted molar refractivity (Wildman–Crippen MR) is 84.4 cm³/mol. The minimum absolute atomic E-state index is 0.0537. The van der Waals surface area contributed by atoms with Gasteiger partial charge in [0.25, 0.3) is 0 Å². The van der Waals surface area contributed by atoms with Crippen LogP contribution >= 0.6 is 0 Å². The van der Waals surface area contributed by atoms with Crippen LogP contribution in [-0.2, 0) is 9.59 Å². The Balaban J connectivity index is 1.46. The molecule has 1 aliphatic rings. The molecule has 2 rings (SSSR count). The van der Waals surface area contributed by atoms with Crippen LogP contribution in [0.3, 0.4) is 0 Å². The summed E-state index contributed by atoms with van der Waals surface area (Å²) in [6, 6.07) is 5.82. The minimum atomic E-state index is -0.298. The van der Waals surface area contributed by atoms with Gasteiger partial charge in [0.15, 0.2) is 0 Å². The Kier molecular flexibility index (Phi) is 6.38. The fourth-order valence-electron chi connectivity index (χ4n) is 2.23. The van der Waals surface area contributed by atoms with Crippen molar-refractivity contribution in [2.24, 2.45) is 11.8 Å². The number of amides is 2. The molecule has 6 heteroatoms. The summed E-state index contributed by atoms with van der Waals surface area (Å²) >= 11 is 0. The first-order chi connectivity index (χ1) is 11.1. The summed E-state index contributed by atoms with van der Waals surface area (Å²) in [5, 5.41) is 5.55. The molecule has 0 radical (unpaired) electrons. The van der Waals surface area contributed by atoms with Crippen LogP contribution in [-0.4, -0.2) is 31.5 Å². The number of nitrogens with one attached hydrogen (secondary N) is 2. The highest BCUT2D eigenvalue weighted by Gasteiger charge is 2.38. The lowest BCUT2D eigenvalue weighted by molar-refractivity contribution is -0.123. The number of rotatable bonds is 9. The van der Waals surface area contributed by atoms with Crippen LogP contribution < -0.4 is 15.4 Å². The maximum Gasteiger partial charge on any atom is 0.223 e. The van der Waals surface area contributed by atoms with Gasteiger partial charge in [-0.25, -0.2) is 4.39 Å². The largest absolute Gasteiger partial charge is 0.494 e. The van der Waals surface area contributed by atoms with Gasteiger partial charge >= 0.3 is 0 Å². The van der Waals surface area contributed by atoms with E-state index in [4.69, 9.17) is 4.74 Å². The lowest BCUT2D eigenvalue weighted by Gasteiger charge is -2.08. The van der Waals surface area contributed by atoms with Crippen LogP contribution in [0.25, 0.3) is 0 Å². The quantitative estimate of drug-likeness (QED) is 0.682. The van der Waals surface area contributed by atoms with Gasteiger partial charge < -0.3 is 15.4 Å². The number of carbonyl (C=O) groups is 2. The molecular formula is C17H23FN2O3. The van der Waals surface area contributed by atoms with Gasteiger partial charge in [-0.15, -0.1) is 0 Å². The molecule has 1 fully saturated rings. The second-order valence-corrected chi connectivity index (χ2v) is 5.87. The summed E-state index contributed by atoms with van der Waals surface area (Å²) in [7, 11) is 0. The summed E-state index contributed by atoms with van der Waals surface area (Å²) in [4.78, 5) is 23.2. The fourth-order valence-corrected chi connectivity index (χ4v) is 2.23. The maximum absolute atomic E-state index is 12.7. The van der Waals surface area contributed by atoms with E-state index in [1.165, 1.54) is 12.1 Å². The average Bonchev–Trinajstić information content (AvgIpc) is 3.26. The number of halogens is 1. The Labute approximate surface area is 135 Å². The lowest BCUT2D eigenvalue weighted by atomic mass is 10.3. The first-order valence-electron chi connectivity index (χ1n) is 7.99. The van der Waals surface area contributed by atoms with Gasteiger partial charge in [0.1, 0.15) is 11.6 Å². The smallest absolute Gasteiger partial charge is 0.223 e. The second-order valence-electron chi connectivity index (χ2n) is 5.87. The van der Waals surface area contributed by atoms with Crippen LogP contribution in [0.2, 0.25) is 0 Å². The van der Waals surface area contributed by atoms with Crippen molar-refractivity contribution in [3.05, 3.63) is 30.1 Å². The number of benzene rings is 1. The molecule has 1 aromatic rings. The lowest BCUT2D eigenvalue weighted by Crippen LogP contribution is -2.32. The third-order valence-corrected chi connectivity index (χ3v) is 3.82. The molecule has 2 atom stereocenters. The second kappa shape index (κ2) is 8.50. The third-order valence-electron chi connectivity index (χ3n) is 3.82. The molecule has 1 saturated carbocycles. The maximum atomic E-state index is 12.7. The highest BCUT2D eigenvalue weighted by atomic mass is 19.1. The molecule has 23 heavy (non-hydrogen) atoms. The van der Waals surface area contributed by atoms with E-state index in [0.29, 0.717) is 37.8 Å². The Morgan fingerprint density at radius 1 is 1.22 bits per heavy atom. The van der Waals surface area contributed by atoms with Gasteiger partial charge in [-0.1, -0.05) is 6.92 Å². The highest BCUT2D eigenvalue weighted by Crippen LogP contribution is 2.37. The molecule has 1 aromatic carbocycles. The van der Waals surface area contributed by atoms with Crippen molar-refractivity contribution < 1.29 is 18.7 Å². The predicted octanol–water partition coefficient (Wildman–Crippen LogP) is 1.87. The van der Waals surface area contributed by atoms with E-state index in [0.717, 1.165) is 6.42 Å². The highest BCUT2D eigenvalue weighted by molar-refractivity contribution is 5.82. The Morgan fingerprint density at radius 3 is 2.57 bits per heavy atom. The van der Waals surface area contributed by atoms with Crippen molar-refractivity contribution in [3.63, 3.8) is 0 Å². The monoisotopic (exact) mass is 322 g/mol. The van der Waals surface area contributed by atoms with Gasteiger partial charge in [-0.05, 0) is 43.0 Å². The average molecular weight is 322 g/mol.